The molecule has 2 aromatic rings. The minimum atomic E-state index is 0.697. The zero-order valence-electron chi connectivity index (χ0n) is 10.1. The second-order valence-corrected chi connectivity index (χ2v) is 5.95. The molecule has 0 saturated carbocycles. The Balaban J connectivity index is 2.01. The van der Waals surface area contributed by atoms with Crippen molar-refractivity contribution in [1.29, 1.82) is 0 Å². The first-order valence-corrected chi connectivity index (χ1v) is 7.72. The Kier molecular flexibility index (Phi) is 5.29. The first-order valence-electron chi connectivity index (χ1n) is 5.95. The first-order chi connectivity index (χ1) is 8.79. The third-order valence-electron chi connectivity index (χ3n) is 2.67. The van der Waals surface area contributed by atoms with E-state index in [9.17, 15) is 0 Å². The van der Waals surface area contributed by atoms with Gasteiger partial charge in [0.05, 0.1) is 0 Å². The molecule has 18 heavy (non-hydrogen) atoms. The van der Waals surface area contributed by atoms with Gasteiger partial charge in [0.1, 0.15) is 0 Å². The molecular formula is C15H16BrNS. The van der Waals surface area contributed by atoms with Crippen molar-refractivity contribution >= 4 is 27.7 Å². The van der Waals surface area contributed by atoms with Crippen LogP contribution in [0.5, 0.6) is 0 Å². The second-order valence-electron chi connectivity index (χ2n) is 4.08. The molecule has 0 heterocycles. The van der Waals surface area contributed by atoms with E-state index in [0.717, 1.165) is 16.6 Å². The summed E-state index contributed by atoms with van der Waals surface area (Å²) in [5.41, 5.74) is 8.20. The van der Waals surface area contributed by atoms with E-state index in [1.54, 1.807) is 0 Å². The number of halogens is 1. The van der Waals surface area contributed by atoms with Crippen LogP contribution in [0.2, 0.25) is 0 Å². The van der Waals surface area contributed by atoms with E-state index in [4.69, 9.17) is 5.73 Å². The van der Waals surface area contributed by atoms with Gasteiger partial charge in [-0.1, -0.05) is 36.4 Å². The molecule has 0 amide bonds. The Morgan fingerprint density at radius 2 is 1.78 bits per heavy atom. The largest absolute Gasteiger partial charge is 0.330 e. The molecule has 0 aliphatic rings. The van der Waals surface area contributed by atoms with Crippen LogP contribution >= 0.6 is 27.7 Å². The molecule has 3 heteroatoms. The topological polar surface area (TPSA) is 26.0 Å². The summed E-state index contributed by atoms with van der Waals surface area (Å²) >= 11 is 5.48. The molecular weight excluding hydrogens is 306 g/mol. The van der Waals surface area contributed by atoms with Crippen molar-refractivity contribution in [3.8, 4) is 0 Å². The third kappa shape index (κ3) is 3.87. The predicted octanol–water partition coefficient (Wildman–Crippen LogP) is 4.24. The van der Waals surface area contributed by atoms with Gasteiger partial charge >= 0.3 is 0 Å². The molecule has 0 bridgehead atoms. The van der Waals surface area contributed by atoms with E-state index < -0.39 is 0 Å². The van der Waals surface area contributed by atoms with Crippen LogP contribution in [0.15, 0.2) is 57.9 Å². The SMILES string of the molecule is NCCc1ccc(SCc2ccccc2)c(Br)c1. The van der Waals surface area contributed by atoms with Crippen molar-refractivity contribution in [2.75, 3.05) is 6.54 Å². The maximum absolute atomic E-state index is 5.56. The van der Waals surface area contributed by atoms with Crippen LogP contribution in [-0.4, -0.2) is 6.54 Å². The molecule has 0 aliphatic heterocycles. The Bertz CT molecular complexity index is 499. The highest BCUT2D eigenvalue weighted by Gasteiger charge is 2.02. The van der Waals surface area contributed by atoms with E-state index in [2.05, 4.69) is 58.4 Å². The number of nitrogens with two attached hydrogens (primary N) is 1. The zero-order valence-corrected chi connectivity index (χ0v) is 12.5. The average molecular weight is 322 g/mol. The molecule has 0 aromatic heterocycles. The van der Waals surface area contributed by atoms with E-state index in [1.165, 1.54) is 16.0 Å². The van der Waals surface area contributed by atoms with Crippen LogP contribution in [-0.2, 0) is 12.2 Å². The average Bonchev–Trinajstić information content (AvgIpc) is 2.39. The highest BCUT2D eigenvalue weighted by molar-refractivity contribution is 9.10. The van der Waals surface area contributed by atoms with Gasteiger partial charge in [0, 0.05) is 15.1 Å². The van der Waals surface area contributed by atoms with Gasteiger partial charge in [-0.15, -0.1) is 11.8 Å². The molecule has 0 aliphatic carbocycles. The normalized spacial score (nSPS) is 10.6. The molecule has 2 N–H and O–H groups in total. The number of rotatable bonds is 5. The van der Waals surface area contributed by atoms with Gasteiger partial charge in [0.15, 0.2) is 0 Å². The Morgan fingerprint density at radius 3 is 2.44 bits per heavy atom. The summed E-state index contributed by atoms with van der Waals surface area (Å²) < 4.78 is 1.16. The fourth-order valence-electron chi connectivity index (χ4n) is 1.72. The lowest BCUT2D eigenvalue weighted by Gasteiger charge is -2.07. The third-order valence-corrected chi connectivity index (χ3v) is 4.73. The van der Waals surface area contributed by atoms with Crippen molar-refractivity contribution in [3.05, 3.63) is 64.1 Å². The minimum Gasteiger partial charge on any atom is -0.330 e. The van der Waals surface area contributed by atoms with Gasteiger partial charge < -0.3 is 5.73 Å². The van der Waals surface area contributed by atoms with Gasteiger partial charge in [-0.3, -0.25) is 0 Å². The van der Waals surface area contributed by atoms with Crippen LogP contribution in [0.4, 0.5) is 0 Å². The highest BCUT2D eigenvalue weighted by Crippen LogP contribution is 2.30. The number of hydrogen-bond donors (Lipinski definition) is 1. The van der Waals surface area contributed by atoms with Crippen LogP contribution in [0.3, 0.4) is 0 Å². The maximum Gasteiger partial charge on any atom is 0.0314 e. The number of thioether (sulfide) groups is 1. The summed E-state index contributed by atoms with van der Waals surface area (Å²) in [4.78, 5) is 1.28. The summed E-state index contributed by atoms with van der Waals surface area (Å²) in [5.74, 6) is 0.996. The summed E-state index contributed by atoms with van der Waals surface area (Å²) in [6.07, 6.45) is 0.933. The predicted molar refractivity (Wildman–Crippen MR) is 82.9 cm³/mol. The lowest BCUT2D eigenvalue weighted by atomic mass is 10.2. The van der Waals surface area contributed by atoms with Gasteiger partial charge in [0.2, 0.25) is 0 Å². The second kappa shape index (κ2) is 6.98. The van der Waals surface area contributed by atoms with E-state index >= 15 is 0 Å². The Labute approximate surface area is 121 Å². The molecule has 0 unspecified atom stereocenters. The zero-order chi connectivity index (χ0) is 12.8. The number of hydrogen-bond acceptors (Lipinski definition) is 2. The standard InChI is InChI=1S/C15H16BrNS/c16-14-10-12(8-9-17)6-7-15(14)18-11-13-4-2-1-3-5-13/h1-7,10H,8-9,11,17H2. The smallest absolute Gasteiger partial charge is 0.0314 e. The van der Waals surface area contributed by atoms with Gasteiger partial charge in [-0.2, -0.15) is 0 Å². The van der Waals surface area contributed by atoms with Gasteiger partial charge in [-0.25, -0.2) is 0 Å². The van der Waals surface area contributed by atoms with Gasteiger partial charge in [0.25, 0.3) is 0 Å². The van der Waals surface area contributed by atoms with Crippen LogP contribution in [0.25, 0.3) is 0 Å². The van der Waals surface area contributed by atoms with Crippen molar-refractivity contribution in [2.45, 2.75) is 17.1 Å². The Hall–Kier alpha value is -0.770. The van der Waals surface area contributed by atoms with Crippen LogP contribution in [0, 0.1) is 0 Å². The van der Waals surface area contributed by atoms with E-state index in [1.807, 2.05) is 17.8 Å². The molecule has 0 fully saturated rings. The van der Waals surface area contributed by atoms with E-state index in [-0.39, 0.29) is 0 Å². The molecule has 0 radical (unpaired) electrons. The fraction of sp³-hybridized carbons (Fsp3) is 0.200. The molecule has 2 rings (SSSR count). The summed E-state index contributed by atoms with van der Waals surface area (Å²) in [7, 11) is 0. The summed E-state index contributed by atoms with van der Waals surface area (Å²) in [6.45, 7) is 0.697. The van der Waals surface area contributed by atoms with Crippen molar-refractivity contribution in [1.82, 2.24) is 0 Å². The highest BCUT2D eigenvalue weighted by atomic mass is 79.9. The van der Waals surface area contributed by atoms with Gasteiger partial charge in [-0.05, 0) is 52.2 Å². The quantitative estimate of drug-likeness (QED) is 0.833. The molecule has 94 valence electrons. The molecule has 0 saturated heterocycles. The van der Waals surface area contributed by atoms with Crippen LogP contribution in [0.1, 0.15) is 11.1 Å². The lowest BCUT2D eigenvalue weighted by Crippen LogP contribution is -2.02. The molecule has 0 spiro atoms. The molecule has 2 aromatic carbocycles. The first kappa shape index (κ1) is 13.7. The van der Waals surface area contributed by atoms with Crippen molar-refractivity contribution in [2.24, 2.45) is 5.73 Å². The molecule has 0 atom stereocenters. The monoisotopic (exact) mass is 321 g/mol. The van der Waals surface area contributed by atoms with Crippen LogP contribution < -0.4 is 5.73 Å². The van der Waals surface area contributed by atoms with E-state index in [0.29, 0.717) is 6.54 Å². The fourth-order valence-corrected chi connectivity index (χ4v) is 3.36. The maximum atomic E-state index is 5.56. The summed E-state index contributed by atoms with van der Waals surface area (Å²) in [6, 6.07) is 17.0. The number of benzene rings is 2. The minimum absolute atomic E-state index is 0.697. The molecule has 1 nitrogen and oxygen atoms in total. The summed E-state index contributed by atoms with van der Waals surface area (Å²) in [5, 5.41) is 0. The lowest BCUT2D eigenvalue weighted by molar-refractivity contribution is 0.965. The van der Waals surface area contributed by atoms with Crippen molar-refractivity contribution in [3.63, 3.8) is 0 Å². The Morgan fingerprint density at radius 1 is 1.00 bits per heavy atom. The van der Waals surface area contributed by atoms with Crippen molar-refractivity contribution < 1.29 is 0 Å².